The molecule has 6 nitrogen and oxygen atoms in total. The topological polar surface area (TPSA) is 95.9 Å². The highest BCUT2D eigenvalue weighted by atomic mass is 16.5. The molecular formula is C61H115NO5. The lowest BCUT2D eigenvalue weighted by Crippen LogP contribution is -2.45. The predicted octanol–water partition coefficient (Wildman–Crippen LogP) is 18.4. The highest BCUT2D eigenvalue weighted by Crippen LogP contribution is 2.17. The highest BCUT2D eigenvalue weighted by molar-refractivity contribution is 5.76. The summed E-state index contributed by atoms with van der Waals surface area (Å²) in [4.78, 5) is 24.5. The molecule has 0 aromatic carbocycles. The van der Waals surface area contributed by atoms with Crippen molar-refractivity contribution in [3.63, 3.8) is 0 Å². The molecule has 0 rings (SSSR count). The van der Waals surface area contributed by atoms with Gasteiger partial charge in [-0.3, -0.25) is 9.59 Å². The molecule has 0 fully saturated rings. The minimum absolute atomic E-state index is 0.00202. The van der Waals surface area contributed by atoms with E-state index in [1.807, 2.05) is 6.08 Å². The molecule has 0 radical (unpaired) electrons. The van der Waals surface area contributed by atoms with Crippen LogP contribution >= 0.6 is 0 Å². The van der Waals surface area contributed by atoms with Crippen molar-refractivity contribution in [2.24, 2.45) is 0 Å². The molecule has 0 spiro atoms. The van der Waals surface area contributed by atoms with Crippen LogP contribution in [0.4, 0.5) is 0 Å². The lowest BCUT2D eigenvalue weighted by molar-refractivity contribution is -0.143. The summed E-state index contributed by atoms with van der Waals surface area (Å²) >= 11 is 0. The van der Waals surface area contributed by atoms with Crippen molar-refractivity contribution in [2.75, 3.05) is 13.2 Å². The second-order valence-electron chi connectivity index (χ2n) is 20.3. The van der Waals surface area contributed by atoms with E-state index < -0.39 is 12.1 Å². The van der Waals surface area contributed by atoms with Gasteiger partial charge in [-0.05, 0) is 64.2 Å². The Morgan fingerprint density at radius 2 is 0.746 bits per heavy atom. The van der Waals surface area contributed by atoms with Gasteiger partial charge in [0, 0.05) is 12.8 Å². The summed E-state index contributed by atoms with van der Waals surface area (Å²) in [7, 11) is 0. The van der Waals surface area contributed by atoms with Crippen molar-refractivity contribution in [1.29, 1.82) is 0 Å². The molecule has 0 saturated carbocycles. The number of nitrogens with one attached hydrogen (secondary N) is 1. The van der Waals surface area contributed by atoms with Gasteiger partial charge in [0.25, 0.3) is 0 Å². The zero-order valence-corrected chi connectivity index (χ0v) is 44.9. The SMILES string of the molecule is CCCCC/C=C\C/C=C\CCCCCCCCCC(=O)OCCCCCCCCCCCCCCCCCCCCCCC(=O)NC(CO)C(O)/C=C/CCCCCCCCCCCCC. The molecule has 394 valence electrons. The molecule has 2 atom stereocenters. The quantitative estimate of drug-likeness (QED) is 0.0321. The molecule has 0 saturated heterocycles. The monoisotopic (exact) mass is 942 g/mol. The van der Waals surface area contributed by atoms with Crippen molar-refractivity contribution < 1.29 is 24.5 Å². The second-order valence-corrected chi connectivity index (χ2v) is 20.3. The van der Waals surface area contributed by atoms with E-state index in [1.165, 1.54) is 238 Å². The minimum atomic E-state index is -0.845. The van der Waals surface area contributed by atoms with Crippen LogP contribution in [-0.2, 0) is 14.3 Å². The van der Waals surface area contributed by atoms with Gasteiger partial charge >= 0.3 is 5.97 Å². The van der Waals surface area contributed by atoms with E-state index in [0.29, 0.717) is 19.4 Å². The number of aliphatic hydroxyl groups is 2. The normalized spacial score (nSPS) is 12.8. The van der Waals surface area contributed by atoms with E-state index in [-0.39, 0.29) is 18.5 Å². The third-order valence-electron chi connectivity index (χ3n) is 13.7. The van der Waals surface area contributed by atoms with Gasteiger partial charge in [0.2, 0.25) is 5.91 Å². The Hall–Kier alpha value is -1.92. The van der Waals surface area contributed by atoms with Crippen molar-refractivity contribution in [1.82, 2.24) is 5.32 Å². The molecule has 1 amide bonds. The summed E-state index contributed by atoms with van der Waals surface area (Å²) in [5.74, 6) is -0.0679. The summed E-state index contributed by atoms with van der Waals surface area (Å²) in [6.45, 7) is 4.87. The molecule has 6 heteroatoms. The fraction of sp³-hybridized carbons (Fsp3) is 0.869. The summed E-state index contributed by atoms with van der Waals surface area (Å²) < 4.78 is 5.49. The van der Waals surface area contributed by atoms with E-state index >= 15 is 0 Å². The summed E-state index contributed by atoms with van der Waals surface area (Å²) in [5, 5.41) is 23.1. The van der Waals surface area contributed by atoms with Gasteiger partial charge in [0.1, 0.15) is 0 Å². The Labute approximate surface area is 417 Å². The van der Waals surface area contributed by atoms with Crippen LogP contribution in [0.3, 0.4) is 0 Å². The van der Waals surface area contributed by atoms with Crippen LogP contribution in [0.2, 0.25) is 0 Å². The van der Waals surface area contributed by atoms with Crippen LogP contribution in [0.1, 0.15) is 316 Å². The smallest absolute Gasteiger partial charge is 0.305 e. The average molecular weight is 943 g/mol. The number of unbranched alkanes of at least 4 members (excludes halogenated alkanes) is 40. The maximum absolute atomic E-state index is 12.4. The molecule has 0 bridgehead atoms. The molecule has 2 unspecified atom stereocenters. The predicted molar refractivity (Wildman–Crippen MR) is 292 cm³/mol. The molecule has 0 heterocycles. The summed E-state index contributed by atoms with van der Waals surface area (Å²) in [6, 6.07) is -0.629. The molecular weight excluding hydrogens is 827 g/mol. The van der Waals surface area contributed by atoms with Crippen LogP contribution in [0.25, 0.3) is 0 Å². The first-order chi connectivity index (χ1) is 33.0. The third kappa shape index (κ3) is 53.3. The lowest BCUT2D eigenvalue weighted by Gasteiger charge is -2.20. The van der Waals surface area contributed by atoms with Gasteiger partial charge in [0.15, 0.2) is 0 Å². The largest absolute Gasteiger partial charge is 0.466 e. The number of hydrogen-bond donors (Lipinski definition) is 3. The maximum atomic E-state index is 12.4. The van der Waals surface area contributed by atoms with Gasteiger partial charge in [-0.15, -0.1) is 0 Å². The number of carbonyl (C=O) groups is 2. The van der Waals surface area contributed by atoms with E-state index in [9.17, 15) is 19.8 Å². The molecule has 0 aliphatic carbocycles. The Kier molecular flexibility index (Phi) is 55.0. The average Bonchev–Trinajstić information content (AvgIpc) is 3.33. The van der Waals surface area contributed by atoms with Crippen molar-refractivity contribution in [2.45, 2.75) is 328 Å². The number of amides is 1. The lowest BCUT2D eigenvalue weighted by atomic mass is 10.0. The molecule has 0 aromatic heterocycles. The number of esters is 1. The zero-order chi connectivity index (χ0) is 48.6. The van der Waals surface area contributed by atoms with Crippen LogP contribution in [0.5, 0.6) is 0 Å². The number of allylic oxidation sites excluding steroid dienone is 5. The van der Waals surface area contributed by atoms with E-state index in [1.54, 1.807) is 6.08 Å². The Bertz CT molecular complexity index is 1090. The summed E-state index contributed by atoms with van der Waals surface area (Å²) in [5.41, 5.74) is 0. The molecule has 0 aliphatic heterocycles. The van der Waals surface area contributed by atoms with Crippen molar-refractivity contribution in [3.8, 4) is 0 Å². The first-order valence-electron chi connectivity index (χ1n) is 29.8. The Morgan fingerprint density at radius 3 is 1.16 bits per heavy atom. The van der Waals surface area contributed by atoms with Gasteiger partial charge < -0.3 is 20.3 Å². The fourth-order valence-electron chi connectivity index (χ4n) is 9.08. The van der Waals surface area contributed by atoms with Gasteiger partial charge in [0.05, 0.1) is 25.4 Å². The van der Waals surface area contributed by atoms with Crippen LogP contribution in [-0.4, -0.2) is 47.4 Å². The fourth-order valence-corrected chi connectivity index (χ4v) is 9.08. The zero-order valence-electron chi connectivity index (χ0n) is 44.9. The minimum Gasteiger partial charge on any atom is -0.466 e. The number of hydrogen-bond acceptors (Lipinski definition) is 5. The van der Waals surface area contributed by atoms with E-state index in [4.69, 9.17) is 4.74 Å². The van der Waals surface area contributed by atoms with Crippen LogP contribution in [0, 0.1) is 0 Å². The van der Waals surface area contributed by atoms with Gasteiger partial charge in [-0.2, -0.15) is 0 Å². The van der Waals surface area contributed by atoms with E-state index in [0.717, 1.165) is 51.4 Å². The van der Waals surface area contributed by atoms with Crippen molar-refractivity contribution >= 4 is 11.9 Å². The molecule has 67 heavy (non-hydrogen) atoms. The first kappa shape index (κ1) is 65.1. The third-order valence-corrected chi connectivity index (χ3v) is 13.7. The molecule has 3 N–H and O–H groups in total. The number of rotatable bonds is 55. The Balaban J connectivity index is 3.40. The standard InChI is InChI=1S/C61H115NO5/c1-3-5-7-9-11-13-15-17-18-23-27-31-35-39-43-47-51-55-61(66)67-56-52-48-44-40-36-32-28-25-22-20-19-21-24-26-30-34-38-42-46-50-54-60(65)62-58(57-63)59(64)53-49-45-41-37-33-29-16-14-12-10-8-6-4-2/h11,13,17-18,49,53,58-59,63-64H,3-10,12,14-16,19-48,50-52,54-57H2,1-2H3,(H,62,65)/b13-11-,18-17-,53-49+. The second kappa shape index (κ2) is 56.7. The highest BCUT2D eigenvalue weighted by Gasteiger charge is 2.18. The molecule has 0 aromatic rings. The van der Waals surface area contributed by atoms with Gasteiger partial charge in [-0.1, -0.05) is 275 Å². The number of ether oxygens (including phenoxy) is 1. The first-order valence-corrected chi connectivity index (χ1v) is 29.8. The summed E-state index contributed by atoms with van der Waals surface area (Å²) in [6.07, 6.45) is 70.3. The van der Waals surface area contributed by atoms with Gasteiger partial charge in [-0.25, -0.2) is 0 Å². The number of carbonyl (C=O) groups excluding carboxylic acids is 2. The maximum Gasteiger partial charge on any atom is 0.305 e. The van der Waals surface area contributed by atoms with Crippen LogP contribution < -0.4 is 5.32 Å². The molecule has 0 aliphatic rings. The Morgan fingerprint density at radius 1 is 0.418 bits per heavy atom. The van der Waals surface area contributed by atoms with E-state index in [2.05, 4.69) is 43.5 Å². The van der Waals surface area contributed by atoms with Crippen LogP contribution in [0.15, 0.2) is 36.5 Å². The number of aliphatic hydroxyl groups excluding tert-OH is 2. The van der Waals surface area contributed by atoms with Crippen molar-refractivity contribution in [3.05, 3.63) is 36.5 Å².